The number of para-hydroxylation sites is 1. The van der Waals surface area contributed by atoms with Crippen LogP contribution in [-0.2, 0) is 12.0 Å². The largest absolute Gasteiger partial charge is 0.508 e. The monoisotopic (exact) mass is 337 g/mol. The van der Waals surface area contributed by atoms with Crippen molar-refractivity contribution in [2.24, 2.45) is 0 Å². The summed E-state index contributed by atoms with van der Waals surface area (Å²) in [7, 11) is 2.17. The highest BCUT2D eigenvalue weighted by molar-refractivity contribution is 5.95. The third-order valence-electron chi connectivity index (χ3n) is 5.67. The zero-order valence-corrected chi connectivity index (χ0v) is 15.2. The molecule has 3 heteroatoms. The lowest BCUT2D eigenvalue weighted by Gasteiger charge is -2.47. The van der Waals surface area contributed by atoms with E-state index in [1.54, 1.807) is 13.0 Å². The van der Waals surface area contributed by atoms with Gasteiger partial charge in [-0.05, 0) is 69.8 Å². The highest BCUT2D eigenvalue weighted by Gasteiger charge is 2.39. The summed E-state index contributed by atoms with van der Waals surface area (Å²) in [6.45, 7) is 2.69. The molecule has 1 aliphatic rings. The SMILES string of the molecule is CC(=O)c1ccccc1C1(CCc2ccccc2O)CCCCN1C. The minimum atomic E-state index is -0.150. The predicted octanol–water partition coefficient (Wildman–Crippen LogP) is 4.54. The highest BCUT2D eigenvalue weighted by atomic mass is 16.3. The number of carbonyl (C=O) groups excluding carboxylic acids is 1. The van der Waals surface area contributed by atoms with Gasteiger partial charge in [-0.1, -0.05) is 42.5 Å². The van der Waals surface area contributed by atoms with Crippen LogP contribution < -0.4 is 0 Å². The zero-order valence-electron chi connectivity index (χ0n) is 15.2. The fourth-order valence-corrected chi connectivity index (χ4v) is 4.22. The number of phenols is 1. The van der Waals surface area contributed by atoms with E-state index in [4.69, 9.17) is 0 Å². The number of ketones is 1. The van der Waals surface area contributed by atoms with E-state index in [9.17, 15) is 9.90 Å². The van der Waals surface area contributed by atoms with Crippen LogP contribution in [0.3, 0.4) is 0 Å². The second-order valence-electron chi connectivity index (χ2n) is 7.14. The summed E-state index contributed by atoms with van der Waals surface area (Å²) >= 11 is 0. The maximum Gasteiger partial charge on any atom is 0.160 e. The molecule has 1 atom stereocenters. The molecule has 25 heavy (non-hydrogen) atoms. The number of rotatable bonds is 5. The second-order valence-corrected chi connectivity index (χ2v) is 7.14. The standard InChI is InChI=1S/C22H27NO2/c1-17(24)19-10-4-5-11-20(19)22(14-7-8-16-23(22)2)15-13-18-9-3-6-12-21(18)25/h3-6,9-12,25H,7-8,13-16H2,1-2H3. The van der Waals surface area contributed by atoms with Gasteiger partial charge in [0.05, 0.1) is 0 Å². The molecule has 3 rings (SSSR count). The number of phenolic OH excluding ortho intramolecular Hbond substituents is 1. The third-order valence-corrected chi connectivity index (χ3v) is 5.67. The number of hydrogen-bond acceptors (Lipinski definition) is 3. The molecule has 1 unspecified atom stereocenters. The van der Waals surface area contributed by atoms with Crippen LogP contribution in [0.5, 0.6) is 5.75 Å². The van der Waals surface area contributed by atoms with Gasteiger partial charge in [0.15, 0.2) is 5.78 Å². The first-order chi connectivity index (χ1) is 12.0. The van der Waals surface area contributed by atoms with Crippen LogP contribution in [0.4, 0.5) is 0 Å². The van der Waals surface area contributed by atoms with E-state index in [0.717, 1.165) is 48.9 Å². The van der Waals surface area contributed by atoms with Crippen molar-refractivity contribution < 1.29 is 9.90 Å². The van der Waals surface area contributed by atoms with Crippen molar-refractivity contribution in [2.45, 2.75) is 44.6 Å². The molecule has 0 aromatic heterocycles. The number of benzene rings is 2. The van der Waals surface area contributed by atoms with Crippen LogP contribution in [-0.4, -0.2) is 29.4 Å². The molecule has 0 amide bonds. The predicted molar refractivity (Wildman–Crippen MR) is 101 cm³/mol. The zero-order chi connectivity index (χ0) is 17.9. The minimum absolute atomic E-state index is 0.122. The van der Waals surface area contributed by atoms with Gasteiger partial charge >= 0.3 is 0 Å². The van der Waals surface area contributed by atoms with E-state index in [1.807, 2.05) is 36.4 Å². The van der Waals surface area contributed by atoms with E-state index < -0.39 is 0 Å². The van der Waals surface area contributed by atoms with Crippen LogP contribution in [0, 0.1) is 0 Å². The summed E-state index contributed by atoms with van der Waals surface area (Å²) < 4.78 is 0. The lowest BCUT2D eigenvalue weighted by molar-refractivity contribution is 0.0604. The van der Waals surface area contributed by atoms with Gasteiger partial charge in [-0.2, -0.15) is 0 Å². The van der Waals surface area contributed by atoms with Crippen LogP contribution in [0.15, 0.2) is 48.5 Å². The van der Waals surface area contributed by atoms with Crippen molar-refractivity contribution in [1.82, 2.24) is 4.90 Å². The van der Waals surface area contributed by atoms with Gasteiger partial charge in [0.25, 0.3) is 0 Å². The van der Waals surface area contributed by atoms with Crippen LogP contribution >= 0.6 is 0 Å². The van der Waals surface area contributed by atoms with Crippen molar-refractivity contribution in [2.75, 3.05) is 13.6 Å². The number of Topliss-reactive ketones (excluding diaryl/α,β-unsaturated/α-hetero) is 1. The summed E-state index contributed by atoms with van der Waals surface area (Å²) in [6, 6.07) is 15.6. The van der Waals surface area contributed by atoms with Gasteiger partial charge in [-0.25, -0.2) is 0 Å². The lowest BCUT2D eigenvalue weighted by atomic mass is 9.74. The Morgan fingerprint density at radius 2 is 1.84 bits per heavy atom. The minimum Gasteiger partial charge on any atom is -0.508 e. The van der Waals surface area contributed by atoms with E-state index >= 15 is 0 Å². The van der Waals surface area contributed by atoms with Crippen molar-refractivity contribution in [3.8, 4) is 5.75 Å². The van der Waals surface area contributed by atoms with Crippen LogP contribution in [0.2, 0.25) is 0 Å². The molecule has 0 spiro atoms. The summed E-state index contributed by atoms with van der Waals surface area (Å²) in [6.07, 6.45) is 5.09. The second kappa shape index (κ2) is 7.40. The van der Waals surface area contributed by atoms with Crippen molar-refractivity contribution in [3.05, 3.63) is 65.2 Å². The molecule has 0 saturated carbocycles. The molecule has 2 aromatic rings. The van der Waals surface area contributed by atoms with Gasteiger partial charge in [0, 0.05) is 11.1 Å². The van der Waals surface area contributed by atoms with Gasteiger partial charge in [0.2, 0.25) is 0 Å². The Hall–Kier alpha value is -2.13. The molecule has 0 bridgehead atoms. The number of aryl methyl sites for hydroxylation is 1. The summed E-state index contributed by atoms with van der Waals surface area (Å²) in [5.74, 6) is 0.479. The van der Waals surface area contributed by atoms with E-state index in [2.05, 4.69) is 18.0 Å². The molecule has 132 valence electrons. The average molecular weight is 337 g/mol. The lowest BCUT2D eigenvalue weighted by Crippen LogP contribution is -2.48. The summed E-state index contributed by atoms with van der Waals surface area (Å²) in [5.41, 5.74) is 2.79. The molecule has 2 aromatic carbocycles. The average Bonchev–Trinajstić information content (AvgIpc) is 2.62. The van der Waals surface area contributed by atoms with E-state index in [0.29, 0.717) is 5.75 Å². The number of likely N-dealkylation sites (tertiary alicyclic amines) is 1. The molecule has 1 aliphatic heterocycles. The van der Waals surface area contributed by atoms with Gasteiger partial charge in [-0.15, -0.1) is 0 Å². The molecular formula is C22H27NO2. The Kier molecular flexibility index (Phi) is 5.24. The van der Waals surface area contributed by atoms with Gasteiger partial charge < -0.3 is 5.11 Å². The third kappa shape index (κ3) is 3.47. The maximum absolute atomic E-state index is 12.2. The molecular weight excluding hydrogens is 310 g/mol. The molecule has 1 N–H and O–H groups in total. The first-order valence-electron chi connectivity index (χ1n) is 9.13. The Balaban J connectivity index is 2.00. The quantitative estimate of drug-likeness (QED) is 0.814. The van der Waals surface area contributed by atoms with Crippen LogP contribution in [0.25, 0.3) is 0 Å². The highest BCUT2D eigenvalue weighted by Crippen LogP contribution is 2.42. The smallest absolute Gasteiger partial charge is 0.160 e. The number of carbonyl (C=O) groups is 1. The first-order valence-corrected chi connectivity index (χ1v) is 9.13. The fraction of sp³-hybridized carbons (Fsp3) is 0.409. The summed E-state index contributed by atoms with van der Waals surface area (Å²) in [4.78, 5) is 14.6. The number of nitrogens with zero attached hydrogens (tertiary/aromatic N) is 1. The molecule has 0 radical (unpaired) electrons. The Labute approximate surface area is 150 Å². The Morgan fingerprint density at radius 1 is 1.12 bits per heavy atom. The Morgan fingerprint density at radius 3 is 2.56 bits per heavy atom. The van der Waals surface area contributed by atoms with E-state index in [1.165, 1.54) is 6.42 Å². The number of piperidine rings is 1. The van der Waals surface area contributed by atoms with Crippen molar-refractivity contribution in [3.63, 3.8) is 0 Å². The molecule has 3 nitrogen and oxygen atoms in total. The van der Waals surface area contributed by atoms with Gasteiger partial charge in [-0.3, -0.25) is 9.69 Å². The molecule has 0 aliphatic carbocycles. The van der Waals surface area contributed by atoms with Crippen molar-refractivity contribution >= 4 is 5.78 Å². The fourth-order valence-electron chi connectivity index (χ4n) is 4.22. The first kappa shape index (κ1) is 17.7. The molecule has 1 heterocycles. The van der Waals surface area contributed by atoms with Crippen molar-refractivity contribution in [1.29, 1.82) is 0 Å². The normalized spacial score (nSPS) is 21.2. The topological polar surface area (TPSA) is 40.5 Å². The summed E-state index contributed by atoms with van der Waals surface area (Å²) in [5, 5.41) is 10.1. The van der Waals surface area contributed by atoms with E-state index in [-0.39, 0.29) is 11.3 Å². The maximum atomic E-state index is 12.2. The molecule has 1 fully saturated rings. The van der Waals surface area contributed by atoms with Gasteiger partial charge in [0.1, 0.15) is 5.75 Å². The number of hydrogen-bond donors (Lipinski definition) is 1. The van der Waals surface area contributed by atoms with Crippen LogP contribution in [0.1, 0.15) is 54.1 Å². The number of aromatic hydroxyl groups is 1. The molecule has 1 saturated heterocycles. The Bertz CT molecular complexity index is 755.